The van der Waals surface area contributed by atoms with Crippen LogP contribution in [-0.4, -0.2) is 36.0 Å². The van der Waals surface area contributed by atoms with Crippen LogP contribution in [0.4, 0.5) is 0 Å². The van der Waals surface area contributed by atoms with Crippen molar-refractivity contribution in [1.82, 2.24) is 4.90 Å². The van der Waals surface area contributed by atoms with Crippen molar-refractivity contribution in [3.8, 4) is 0 Å². The van der Waals surface area contributed by atoms with Crippen LogP contribution in [0.25, 0.3) is 0 Å². The van der Waals surface area contributed by atoms with Crippen molar-refractivity contribution >= 4 is 39.4 Å². The Balaban J connectivity index is 1.64. The molecule has 0 radical (unpaired) electrons. The van der Waals surface area contributed by atoms with Gasteiger partial charge in [0.2, 0.25) is 0 Å². The lowest BCUT2D eigenvalue weighted by atomic mass is 9.65. The van der Waals surface area contributed by atoms with E-state index in [4.69, 9.17) is 16.3 Å². The highest BCUT2D eigenvalue weighted by molar-refractivity contribution is 9.10. The van der Waals surface area contributed by atoms with Gasteiger partial charge in [-0.1, -0.05) is 48.3 Å². The van der Waals surface area contributed by atoms with Gasteiger partial charge < -0.3 is 9.64 Å². The maximum atomic E-state index is 12.6. The van der Waals surface area contributed by atoms with Crippen molar-refractivity contribution in [1.29, 1.82) is 0 Å². The van der Waals surface area contributed by atoms with Crippen LogP contribution in [0.15, 0.2) is 22.7 Å². The van der Waals surface area contributed by atoms with E-state index in [2.05, 4.69) is 36.7 Å². The number of amides is 1. The lowest BCUT2D eigenvalue weighted by Gasteiger charge is -2.39. The first-order valence-corrected chi connectivity index (χ1v) is 9.67. The standard InChI is InChI=1S/C19H23BrClNO3/c1-18(2)7-13-8-19(3,10-18)11-22(13)16(23)9-25-17(24)14-6-12(20)4-5-15(14)21/h4-6,13H,7-11H2,1-3H3/t13-,19+/m1/s1. The van der Waals surface area contributed by atoms with Crippen LogP contribution in [0, 0.1) is 10.8 Å². The van der Waals surface area contributed by atoms with Crippen molar-refractivity contribution in [2.75, 3.05) is 13.2 Å². The molecule has 3 rings (SSSR count). The first-order chi connectivity index (χ1) is 11.6. The fraction of sp³-hybridized carbons (Fsp3) is 0.579. The number of nitrogens with zero attached hydrogens (tertiary/aromatic N) is 1. The molecule has 136 valence electrons. The summed E-state index contributed by atoms with van der Waals surface area (Å²) in [6, 6.07) is 5.21. The van der Waals surface area contributed by atoms with Crippen LogP contribution in [0.1, 0.15) is 50.4 Å². The van der Waals surface area contributed by atoms with E-state index in [-0.39, 0.29) is 34.9 Å². The molecular weight excluding hydrogens is 406 g/mol. The molecule has 4 nitrogen and oxygen atoms in total. The van der Waals surface area contributed by atoms with Gasteiger partial charge in [0.1, 0.15) is 0 Å². The van der Waals surface area contributed by atoms with Gasteiger partial charge in [0, 0.05) is 17.1 Å². The number of hydrogen-bond acceptors (Lipinski definition) is 3. The van der Waals surface area contributed by atoms with Gasteiger partial charge in [-0.15, -0.1) is 0 Å². The summed E-state index contributed by atoms with van der Waals surface area (Å²) in [5, 5.41) is 0.312. The molecule has 1 aromatic rings. The number of carbonyl (C=O) groups is 2. The topological polar surface area (TPSA) is 46.6 Å². The summed E-state index contributed by atoms with van der Waals surface area (Å²) >= 11 is 9.34. The number of carbonyl (C=O) groups excluding carboxylic acids is 2. The van der Waals surface area contributed by atoms with E-state index in [0.717, 1.165) is 30.3 Å². The van der Waals surface area contributed by atoms with Gasteiger partial charge >= 0.3 is 5.97 Å². The Labute approximate surface area is 162 Å². The van der Waals surface area contributed by atoms with Crippen molar-refractivity contribution in [3.05, 3.63) is 33.3 Å². The lowest BCUT2D eigenvalue weighted by molar-refractivity contribution is -0.135. The maximum Gasteiger partial charge on any atom is 0.340 e. The number of hydrogen-bond donors (Lipinski definition) is 0. The Morgan fingerprint density at radius 3 is 2.76 bits per heavy atom. The second-order valence-corrected chi connectivity index (χ2v) is 9.76. The smallest absolute Gasteiger partial charge is 0.340 e. The number of fused-ring (bicyclic) bond motifs is 2. The highest BCUT2D eigenvalue weighted by atomic mass is 79.9. The molecule has 0 unspecified atom stereocenters. The number of benzene rings is 1. The molecule has 1 heterocycles. The summed E-state index contributed by atoms with van der Waals surface area (Å²) in [4.78, 5) is 26.8. The molecule has 1 saturated heterocycles. The third kappa shape index (κ3) is 4.03. The minimum atomic E-state index is -0.576. The monoisotopic (exact) mass is 427 g/mol. The second kappa shape index (κ2) is 6.58. The lowest BCUT2D eigenvalue weighted by Crippen LogP contribution is -2.39. The molecular formula is C19H23BrClNO3. The third-order valence-electron chi connectivity index (χ3n) is 5.21. The van der Waals surface area contributed by atoms with Crippen LogP contribution < -0.4 is 0 Å². The molecule has 0 aromatic heterocycles. The Hall–Kier alpha value is -1.07. The summed E-state index contributed by atoms with van der Waals surface area (Å²) in [5.74, 6) is -0.695. The highest BCUT2D eigenvalue weighted by Gasteiger charge is 2.50. The minimum Gasteiger partial charge on any atom is -0.452 e. The maximum absolute atomic E-state index is 12.6. The first-order valence-electron chi connectivity index (χ1n) is 8.50. The fourth-order valence-corrected chi connectivity index (χ4v) is 5.25. The van der Waals surface area contributed by atoms with Crippen molar-refractivity contribution in [2.45, 2.75) is 46.1 Å². The van der Waals surface area contributed by atoms with Gasteiger partial charge in [-0.25, -0.2) is 4.79 Å². The van der Waals surface area contributed by atoms with E-state index in [1.54, 1.807) is 18.2 Å². The van der Waals surface area contributed by atoms with Crippen LogP contribution >= 0.6 is 27.5 Å². The van der Waals surface area contributed by atoms with Gasteiger partial charge in [-0.2, -0.15) is 0 Å². The number of esters is 1. The molecule has 1 amide bonds. The molecule has 1 aromatic carbocycles. The number of likely N-dealkylation sites (tertiary alicyclic amines) is 1. The summed E-state index contributed by atoms with van der Waals surface area (Å²) in [7, 11) is 0. The number of ether oxygens (including phenoxy) is 1. The van der Waals surface area contributed by atoms with Gasteiger partial charge in [-0.3, -0.25) is 4.79 Å². The van der Waals surface area contributed by atoms with Crippen molar-refractivity contribution in [3.63, 3.8) is 0 Å². The predicted molar refractivity (Wildman–Crippen MR) is 101 cm³/mol. The molecule has 2 fully saturated rings. The molecule has 6 heteroatoms. The molecule has 1 aliphatic heterocycles. The molecule has 1 saturated carbocycles. The SMILES string of the molecule is CC1(C)C[C@@H]2C[C@](C)(CN2C(=O)COC(=O)c2cc(Br)ccc2Cl)C1. The third-order valence-corrected chi connectivity index (χ3v) is 6.03. The zero-order valence-electron chi connectivity index (χ0n) is 14.8. The van der Waals surface area contributed by atoms with E-state index >= 15 is 0 Å². The van der Waals surface area contributed by atoms with E-state index in [0.29, 0.717) is 5.02 Å². The van der Waals surface area contributed by atoms with E-state index in [9.17, 15) is 9.59 Å². The molecule has 0 spiro atoms. The van der Waals surface area contributed by atoms with E-state index < -0.39 is 5.97 Å². The highest BCUT2D eigenvalue weighted by Crippen LogP contribution is 2.52. The number of rotatable bonds is 3. The Morgan fingerprint density at radius 2 is 2.04 bits per heavy atom. The molecule has 25 heavy (non-hydrogen) atoms. The largest absolute Gasteiger partial charge is 0.452 e. The number of halogens is 2. The van der Waals surface area contributed by atoms with Gasteiger partial charge in [-0.05, 0) is 48.3 Å². The average molecular weight is 429 g/mol. The minimum absolute atomic E-state index is 0.120. The predicted octanol–water partition coefficient (Wildman–Crippen LogP) is 4.69. The molecule has 2 atom stereocenters. The molecule has 2 bridgehead atoms. The normalized spacial score (nSPS) is 27.2. The van der Waals surface area contributed by atoms with Crippen LogP contribution in [0.3, 0.4) is 0 Å². The van der Waals surface area contributed by atoms with Crippen molar-refractivity contribution in [2.24, 2.45) is 10.8 Å². The quantitative estimate of drug-likeness (QED) is 0.656. The molecule has 2 aliphatic rings. The zero-order valence-corrected chi connectivity index (χ0v) is 17.1. The van der Waals surface area contributed by atoms with Crippen LogP contribution in [-0.2, 0) is 9.53 Å². The summed E-state index contributed by atoms with van der Waals surface area (Å²) < 4.78 is 5.97. The van der Waals surface area contributed by atoms with Gasteiger partial charge in [0.05, 0.1) is 10.6 Å². The van der Waals surface area contributed by atoms with Crippen LogP contribution in [0.5, 0.6) is 0 Å². The summed E-state index contributed by atoms with van der Waals surface area (Å²) in [6.45, 7) is 7.28. The van der Waals surface area contributed by atoms with Crippen LogP contribution in [0.2, 0.25) is 5.02 Å². The fourth-order valence-electron chi connectivity index (χ4n) is 4.69. The Morgan fingerprint density at radius 1 is 1.32 bits per heavy atom. The zero-order chi connectivity index (χ0) is 18.4. The summed E-state index contributed by atoms with van der Waals surface area (Å²) in [5.41, 5.74) is 0.671. The summed E-state index contributed by atoms with van der Waals surface area (Å²) in [6.07, 6.45) is 3.15. The van der Waals surface area contributed by atoms with Gasteiger partial charge in [0.15, 0.2) is 6.61 Å². The molecule has 1 aliphatic carbocycles. The van der Waals surface area contributed by atoms with Gasteiger partial charge in [0.25, 0.3) is 5.91 Å². The Kier molecular flexibility index (Phi) is 4.93. The first kappa shape index (κ1) is 18.7. The second-order valence-electron chi connectivity index (χ2n) is 8.44. The van der Waals surface area contributed by atoms with Crippen molar-refractivity contribution < 1.29 is 14.3 Å². The average Bonchev–Trinajstić information content (AvgIpc) is 2.76. The Bertz CT molecular complexity index is 721. The molecule has 0 N–H and O–H groups in total. The van der Waals surface area contributed by atoms with E-state index in [1.165, 1.54) is 0 Å². The van der Waals surface area contributed by atoms with E-state index in [1.807, 2.05) is 4.90 Å².